The van der Waals surface area contributed by atoms with Crippen molar-refractivity contribution in [3.63, 3.8) is 0 Å². The van der Waals surface area contributed by atoms with Crippen molar-refractivity contribution in [1.29, 1.82) is 0 Å². The molecule has 1 atom stereocenters. The first kappa shape index (κ1) is 10.1. The van der Waals surface area contributed by atoms with Crippen LogP contribution < -0.4 is 0 Å². The summed E-state index contributed by atoms with van der Waals surface area (Å²) in [5, 5.41) is 0. The lowest BCUT2D eigenvalue weighted by atomic mass is 9.73. The molecule has 86 valence electrons. The summed E-state index contributed by atoms with van der Waals surface area (Å²) in [6.45, 7) is 2.81. The molecule has 0 bridgehead atoms. The van der Waals surface area contributed by atoms with Crippen LogP contribution in [0.25, 0.3) is 0 Å². The lowest BCUT2D eigenvalue weighted by Gasteiger charge is -2.46. The second-order valence-corrected chi connectivity index (χ2v) is 5.35. The molecule has 2 fully saturated rings. The summed E-state index contributed by atoms with van der Waals surface area (Å²) >= 11 is 0. The van der Waals surface area contributed by atoms with Crippen LogP contribution in [-0.4, -0.2) is 22.8 Å². The number of Topliss-reactive ketones (excluding diaryl/α,β-unsaturated/α-hetero) is 1. The summed E-state index contributed by atoms with van der Waals surface area (Å²) in [7, 11) is 0. The monoisotopic (exact) mass is 217 g/mol. The van der Waals surface area contributed by atoms with E-state index >= 15 is 0 Å². The van der Waals surface area contributed by atoms with Gasteiger partial charge in [0.15, 0.2) is 5.78 Å². The molecule has 1 spiro atoms. The Kier molecular flexibility index (Phi) is 2.20. The number of ketones is 1. The maximum Gasteiger partial charge on any atom is 0.161 e. The molecule has 0 aromatic carbocycles. The van der Waals surface area contributed by atoms with Gasteiger partial charge in [0, 0.05) is 18.3 Å². The Bertz CT molecular complexity index is 394. The highest BCUT2D eigenvalue weighted by molar-refractivity contribution is 5.96. The van der Waals surface area contributed by atoms with Crippen LogP contribution in [0.4, 0.5) is 0 Å². The Morgan fingerprint density at radius 3 is 2.94 bits per heavy atom. The molecule has 2 nitrogen and oxygen atoms in total. The fourth-order valence-corrected chi connectivity index (χ4v) is 3.62. The van der Waals surface area contributed by atoms with Crippen molar-refractivity contribution in [2.24, 2.45) is 0 Å². The van der Waals surface area contributed by atoms with E-state index in [1.807, 2.05) is 0 Å². The number of carbonyl (C=O) groups is 1. The summed E-state index contributed by atoms with van der Waals surface area (Å²) < 4.78 is 0. The first-order valence-corrected chi connectivity index (χ1v) is 6.43. The quantitative estimate of drug-likeness (QED) is 0.673. The minimum Gasteiger partial charge on any atom is -0.367 e. The van der Waals surface area contributed by atoms with E-state index in [0.717, 1.165) is 12.1 Å². The molecule has 1 aliphatic carbocycles. The minimum atomic E-state index is 0.207. The van der Waals surface area contributed by atoms with Gasteiger partial charge in [-0.2, -0.15) is 0 Å². The molecule has 0 amide bonds. The average molecular weight is 217 g/mol. The molecule has 2 aliphatic heterocycles. The van der Waals surface area contributed by atoms with Crippen LogP contribution in [0.3, 0.4) is 0 Å². The number of hydrogen-bond donors (Lipinski definition) is 0. The van der Waals surface area contributed by atoms with E-state index in [9.17, 15) is 4.79 Å². The Labute approximate surface area is 97.0 Å². The van der Waals surface area contributed by atoms with Crippen molar-refractivity contribution in [2.45, 2.75) is 51.0 Å². The molecule has 16 heavy (non-hydrogen) atoms. The molecule has 3 rings (SSSR count). The third-order valence-corrected chi connectivity index (χ3v) is 4.45. The molecule has 0 aromatic rings. The maximum atomic E-state index is 11.5. The second-order valence-electron chi connectivity index (χ2n) is 5.35. The van der Waals surface area contributed by atoms with E-state index in [1.54, 1.807) is 6.92 Å². The van der Waals surface area contributed by atoms with Crippen molar-refractivity contribution in [3.05, 3.63) is 23.4 Å². The van der Waals surface area contributed by atoms with Gasteiger partial charge >= 0.3 is 0 Å². The Morgan fingerprint density at radius 2 is 2.12 bits per heavy atom. The predicted molar refractivity (Wildman–Crippen MR) is 64.0 cm³/mol. The number of rotatable bonds is 1. The van der Waals surface area contributed by atoms with Gasteiger partial charge in [-0.15, -0.1) is 0 Å². The number of allylic oxidation sites excluding steroid dienone is 2. The van der Waals surface area contributed by atoms with E-state index < -0.39 is 0 Å². The highest BCUT2D eigenvalue weighted by atomic mass is 16.1. The van der Waals surface area contributed by atoms with Crippen LogP contribution in [0.1, 0.15) is 45.4 Å². The Balaban J connectivity index is 2.03. The molecule has 3 aliphatic rings. The van der Waals surface area contributed by atoms with Crippen LogP contribution in [0.2, 0.25) is 0 Å². The molecule has 1 unspecified atom stereocenters. The molecule has 0 radical (unpaired) electrons. The van der Waals surface area contributed by atoms with Gasteiger partial charge in [0.2, 0.25) is 0 Å². The minimum absolute atomic E-state index is 0.207. The first-order valence-electron chi connectivity index (χ1n) is 6.43. The standard InChI is InChI=1S/C14H19NO/c1-11(16)12-9-13-5-2-3-6-14(13)7-4-8-15(14)10-12/h9-10H,2-8H2,1H3. The summed E-state index contributed by atoms with van der Waals surface area (Å²) in [5.74, 6) is 0.207. The van der Waals surface area contributed by atoms with Crippen molar-refractivity contribution < 1.29 is 4.79 Å². The Morgan fingerprint density at radius 1 is 1.31 bits per heavy atom. The van der Waals surface area contributed by atoms with Gasteiger partial charge < -0.3 is 4.90 Å². The van der Waals surface area contributed by atoms with Gasteiger partial charge in [-0.05, 0) is 50.7 Å². The lowest BCUT2D eigenvalue weighted by molar-refractivity contribution is -0.113. The summed E-state index contributed by atoms with van der Waals surface area (Å²) in [5.41, 5.74) is 2.76. The van der Waals surface area contributed by atoms with Crippen molar-refractivity contribution >= 4 is 5.78 Å². The van der Waals surface area contributed by atoms with Gasteiger partial charge in [0.1, 0.15) is 0 Å². The number of hydrogen-bond acceptors (Lipinski definition) is 2. The zero-order valence-electron chi connectivity index (χ0n) is 9.96. The van der Waals surface area contributed by atoms with E-state index in [-0.39, 0.29) is 5.78 Å². The highest BCUT2D eigenvalue weighted by Crippen LogP contribution is 2.47. The van der Waals surface area contributed by atoms with Crippen LogP contribution in [0.15, 0.2) is 23.4 Å². The first-order chi connectivity index (χ1) is 7.72. The van der Waals surface area contributed by atoms with E-state index in [2.05, 4.69) is 17.2 Å². The van der Waals surface area contributed by atoms with Gasteiger partial charge in [-0.25, -0.2) is 0 Å². The molecule has 0 aromatic heterocycles. The van der Waals surface area contributed by atoms with Gasteiger partial charge in [0.25, 0.3) is 0 Å². The smallest absolute Gasteiger partial charge is 0.161 e. The highest BCUT2D eigenvalue weighted by Gasteiger charge is 2.45. The summed E-state index contributed by atoms with van der Waals surface area (Å²) in [6.07, 6.45) is 12.0. The lowest BCUT2D eigenvalue weighted by Crippen LogP contribution is -2.46. The zero-order chi connectivity index (χ0) is 11.2. The fourth-order valence-electron chi connectivity index (χ4n) is 3.62. The maximum absolute atomic E-state index is 11.5. The topological polar surface area (TPSA) is 20.3 Å². The normalized spacial score (nSPS) is 32.7. The van der Waals surface area contributed by atoms with Crippen molar-refractivity contribution in [2.75, 3.05) is 6.54 Å². The molecule has 1 saturated carbocycles. The largest absolute Gasteiger partial charge is 0.367 e. The number of carbonyl (C=O) groups excluding carboxylic acids is 1. The molecule has 2 heterocycles. The van der Waals surface area contributed by atoms with Crippen LogP contribution in [0, 0.1) is 0 Å². The third-order valence-electron chi connectivity index (χ3n) is 4.45. The van der Waals surface area contributed by atoms with Crippen molar-refractivity contribution in [3.8, 4) is 0 Å². The number of nitrogens with zero attached hydrogens (tertiary/aromatic N) is 1. The van der Waals surface area contributed by atoms with Crippen molar-refractivity contribution in [1.82, 2.24) is 4.90 Å². The van der Waals surface area contributed by atoms with Gasteiger partial charge in [-0.3, -0.25) is 4.79 Å². The second kappa shape index (κ2) is 3.47. The molecular formula is C14H19NO. The van der Waals surface area contributed by atoms with E-state index in [1.165, 1.54) is 44.1 Å². The summed E-state index contributed by atoms with van der Waals surface area (Å²) in [4.78, 5) is 14.0. The van der Waals surface area contributed by atoms with Crippen LogP contribution >= 0.6 is 0 Å². The summed E-state index contributed by atoms with van der Waals surface area (Å²) in [6, 6.07) is 0. The molecule has 2 heteroatoms. The van der Waals surface area contributed by atoms with Crippen LogP contribution in [-0.2, 0) is 4.79 Å². The Hall–Kier alpha value is -1.05. The van der Waals surface area contributed by atoms with Gasteiger partial charge in [-0.1, -0.05) is 6.42 Å². The predicted octanol–water partition coefficient (Wildman–Crippen LogP) is 2.81. The van der Waals surface area contributed by atoms with E-state index in [0.29, 0.717) is 5.54 Å². The molecule has 0 N–H and O–H groups in total. The molecular weight excluding hydrogens is 198 g/mol. The SMILES string of the molecule is CC(=O)C1=CN2CCCC23CCCCC3=C1. The zero-order valence-corrected chi connectivity index (χ0v) is 9.96. The average Bonchev–Trinajstić information content (AvgIpc) is 2.68. The van der Waals surface area contributed by atoms with Gasteiger partial charge in [0.05, 0.1) is 5.54 Å². The third kappa shape index (κ3) is 1.28. The fraction of sp³-hybridized carbons (Fsp3) is 0.643. The van der Waals surface area contributed by atoms with Crippen LogP contribution in [0.5, 0.6) is 0 Å². The molecule has 1 saturated heterocycles. The van der Waals surface area contributed by atoms with E-state index in [4.69, 9.17) is 0 Å².